The van der Waals surface area contributed by atoms with Crippen molar-refractivity contribution >= 4 is 32.6 Å². The van der Waals surface area contributed by atoms with E-state index < -0.39 is 0 Å². The van der Waals surface area contributed by atoms with Gasteiger partial charge in [0.15, 0.2) is 11.0 Å². The number of hydrogen-bond acceptors (Lipinski definition) is 7. The van der Waals surface area contributed by atoms with Crippen LogP contribution in [0.1, 0.15) is 25.1 Å². The Balaban J connectivity index is 1.52. The average molecular weight is 345 g/mol. The molecule has 0 radical (unpaired) electrons. The van der Waals surface area contributed by atoms with Crippen LogP contribution in [0.5, 0.6) is 0 Å². The lowest BCUT2D eigenvalue weighted by molar-refractivity contribution is -0.116. The normalized spacial score (nSPS) is 11.3. The summed E-state index contributed by atoms with van der Waals surface area (Å²) in [7, 11) is 0. The molecule has 0 bridgehead atoms. The highest BCUT2D eigenvalue weighted by atomic mass is 32.1. The van der Waals surface area contributed by atoms with E-state index in [1.807, 2.05) is 31.2 Å². The van der Waals surface area contributed by atoms with Gasteiger partial charge in [-0.05, 0) is 18.7 Å². The number of nitrogens with zero attached hydrogens (tertiary/aromatic N) is 4. The number of carbonyl (C=O) groups is 1. The molecule has 2 aromatic heterocycles. The number of aromatic nitrogens is 3. The minimum Gasteiger partial charge on any atom is -0.340 e. The molecular formula is C16H19N5O2S. The maximum Gasteiger partial charge on any atom is 0.227 e. The Morgan fingerprint density at radius 3 is 2.88 bits per heavy atom. The summed E-state index contributed by atoms with van der Waals surface area (Å²) in [6.07, 6.45) is 0.389. The molecule has 0 fully saturated rings. The van der Waals surface area contributed by atoms with Gasteiger partial charge in [0, 0.05) is 19.9 Å². The monoisotopic (exact) mass is 345 g/mol. The zero-order valence-electron chi connectivity index (χ0n) is 13.7. The van der Waals surface area contributed by atoms with Gasteiger partial charge in [0.1, 0.15) is 0 Å². The predicted molar refractivity (Wildman–Crippen MR) is 92.9 cm³/mol. The van der Waals surface area contributed by atoms with E-state index in [1.165, 1.54) is 11.3 Å². The number of nitrogens with one attached hydrogen (secondary N) is 1. The second-order valence-corrected chi connectivity index (χ2v) is 6.41. The predicted octanol–water partition coefficient (Wildman–Crippen LogP) is 2.84. The van der Waals surface area contributed by atoms with Crippen molar-refractivity contribution in [2.45, 2.75) is 26.8 Å². The highest BCUT2D eigenvalue weighted by molar-refractivity contribution is 7.22. The summed E-state index contributed by atoms with van der Waals surface area (Å²) >= 11 is 1.48. The van der Waals surface area contributed by atoms with Gasteiger partial charge in [-0.15, -0.1) is 0 Å². The zero-order chi connectivity index (χ0) is 16.9. The molecule has 3 aromatic rings. The van der Waals surface area contributed by atoms with Crippen LogP contribution in [-0.4, -0.2) is 39.0 Å². The third-order valence-electron chi connectivity index (χ3n) is 3.58. The zero-order valence-corrected chi connectivity index (χ0v) is 14.5. The summed E-state index contributed by atoms with van der Waals surface area (Å²) < 4.78 is 6.03. The molecule has 0 unspecified atom stereocenters. The van der Waals surface area contributed by atoms with Gasteiger partial charge in [-0.2, -0.15) is 4.98 Å². The number of carbonyl (C=O) groups excluding carboxylic acids is 1. The number of rotatable bonds is 7. The van der Waals surface area contributed by atoms with Crippen molar-refractivity contribution in [3.63, 3.8) is 0 Å². The van der Waals surface area contributed by atoms with E-state index >= 15 is 0 Å². The van der Waals surface area contributed by atoms with Crippen LogP contribution < -0.4 is 5.32 Å². The molecule has 1 amide bonds. The molecule has 8 heteroatoms. The standard InChI is InChI=1S/C16H19N5O2S/c1-3-21(10-14-17-11(2)23-20-14)9-8-15(22)19-16-18-12-6-4-5-7-13(12)24-16/h4-7H,3,8-10H2,1-2H3,(H,18,19,22). The van der Waals surface area contributed by atoms with Crippen LogP contribution in [-0.2, 0) is 11.3 Å². The molecule has 1 aromatic carbocycles. The van der Waals surface area contributed by atoms with Crippen LogP contribution in [0, 0.1) is 6.92 Å². The summed E-state index contributed by atoms with van der Waals surface area (Å²) in [4.78, 5) is 22.8. The smallest absolute Gasteiger partial charge is 0.227 e. The van der Waals surface area contributed by atoms with Gasteiger partial charge in [0.05, 0.1) is 16.8 Å². The Hall–Kier alpha value is -2.32. The van der Waals surface area contributed by atoms with Crippen LogP contribution in [0.2, 0.25) is 0 Å². The molecule has 0 aliphatic carbocycles. The first-order chi connectivity index (χ1) is 11.6. The third-order valence-corrected chi connectivity index (χ3v) is 4.53. The second-order valence-electron chi connectivity index (χ2n) is 5.38. The molecule has 24 heavy (non-hydrogen) atoms. The van der Waals surface area contributed by atoms with E-state index in [0.717, 1.165) is 16.8 Å². The van der Waals surface area contributed by atoms with Crippen molar-refractivity contribution in [3.8, 4) is 0 Å². The second kappa shape index (κ2) is 7.50. The summed E-state index contributed by atoms with van der Waals surface area (Å²) in [5, 5.41) is 7.39. The van der Waals surface area contributed by atoms with Gasteiger partial charge in [-0.3, -0.25) is 9.69 Å². The fraction of sp³-hybridized carbons (Fsp3) is 0.375. The first kappa shape index (κ1) is 16.5. The third kappa shape index (κ3) is 4.15. The van der Waals surface area contributed by atoms with Crippen LogP contribution in [0.25, 0.3) is 10.2 Å². The van der Waals surface area contributed by atoms with Crippen molar-refractivity contribution in [1.29, 1.82) is 0 Å². The lowest BCUT2D eigenvalue weighted by Crippen LogP contribution is -2.28. The number of amides is 1. The van der Waals surface area contributed by atoms with E-state index in [9.17, 15) is 4.79 Å². The Bertz CT molecular complexity index is 796. The molecule has 1 N–H and O–H groups in total. The number of aryl methyl sites for hydroxylation is 1. The van der Waals surface area contributed by atoms with Crippen molar-refractivity contribution in [3.05, 3.63) is 36.0 Å². The number of thiazole rings is 1. The Labute approximate surface area is 143 Å². The number of para-hydroxylation sites is 1. The quantitative estimate of drug-likeness (QED) is 0.709. The maximum atomic E-state index is 12.1. The van der Waals surface area contributed by atoms with Crippen LogP contribution in [0.4, 0.5) is 5.13 Å². The number of hydrogen-bond donors (Lipinski definition) is 1. The fourth-order valence-corrected chi connectivity index (χ4v) is 3.20. The highest BCUT2D eigenvalue weighted by Crippen LogP contribution is 2.25. The van der Waals surface area contributed by atoms with Crippen molar-refractivity contribution in [2.24, 2.45) is 0 Å². The molecule has 0 saturated carbocycles. The molecule has 0 spiro atoms. The summed E-state index contributed by atoms with van der Waals surface area (Å²) in [5.41, 5.74) is 0.903. The number of fused-ring (bicyclic) bond motifs is 1. The summed E-state index contributed by atoms with van der Waals surface area (Å²) in [5.74, 6) is 1.15. The number of benzene rings is 1. The lowest BCUT2D eigenvalue weighted by atomic mass is 10.3. The van der Waals surface area contributed by atoms with Crippen LogP contribution in [0.15, 0.2) is 28.8 Å². The molecular weight excluding hydrogens is 326 g/mol. The summed E-state index contributed by atoms with van der Waals surface area (Å²) in [6, 6.07) is 7.83. The molecule has 7 nitrogen and oxygen atoms in total. The van der Waals surface area contributed by atoms with Crippen molar-refractivity contribution < 1.29 is 9.32 Å². The Morgan fingerprint density at radius 2 is 2.17 bits per heavy atom. The molecule has 2 heterocycles. The van der Waals surface area contributed by atoms with Crippen LogP contribution in [0.3, 0.4) is 0 Å². The molecule has 0 atom stereocenters. The maximum absolute atomic E-state index is 12.1. The van der Waals surface area contributed by atoms with E-state index in [4.69, 9.17) is 4.52 Å². The first-order valence-corrected chi connectivity index (χ1v) is 8.62. The molecule has 0 aliphatic rings. The lowest BCUT2D eigenvalue weighted by Gasteiger charge is -2.17. The summed E-state index contributed by atoms with van der Waals surface area (Å²) in [6.45, 7) is 5.81. The van der Waals surface area contributed by atoms with Gasteiger partial charge < -0.3 is 9.84 Å². The van der Waals surface area contributed by atoms with Gasteiger partial charge in [-0.1, -0.05) is 35.5 Å². The average Bonchev–Trinajstić information content (AvgIpc) is 3.16. The SMILES string of the molecule is CCN(CCC(=O)Nc1nc2ccccc2s1)Cc1noc(C)n1. The van der Waals surface area contributed by atoms with Crippen molar-refractivity contribution in [1.82, 2.24) is 20.0 Å². The molecule has 3 rings (SSSR count). The first-order valence-electron chi connectivity index (χ1n) is 7.81. The Kier molecular flexibility index (Phi) is 5.17. The van der Waals surface area contributed by atoms with Crippen LogP contribution >= 0.6 is 11.3 Å². The molecule has 126 valence electrons. The number of anilines is 1. The molecule has 0 aliphatic heterocycles. The topological polar surface area (TPSA) is 84.2 Å². The van der Waals surface area contributed by atoms with E-state index in [-0.39, 0.29) is 5.91 Å². The van der Waals surface area contributed by atoms with E-state index in [2.05, 4.69) is 25.3 Å². The van der Waals surface area contributed by atoms with Crippen molar-refractivity contribution in [2.75, 3.05) is 18.4 Å². The fourth-order valence-electron chi connectivity index (χ4n) is 2.32. The Morgan fingerprint density at radius 1 is 1.33 bits per heavy atom. The van der Waals surface area contributed by atoms with Gasteiger partial charge in [0.25, 0.3) is 0 Å². The minimum absolute atomic E-state index is 0.0446. The molecule has 0 saturated heterocycles. The minimum atomic E-state index is -0.0446. The van der Waals surface area contributed by atoms with Gasteiger partial charge >= 0.3 is 0 Å². The highest BCUT2D eigenvalue weighted by Gasteiger charge is 2.12. The van der Waals surface area contributed by atoms with Gasteiger partial charge in [0.2, 0.25) is 11.8 Å². The van der Waals surface area contributed by atoms with E-state index in [1.54, 1.807) is 6.92 Å². The van der Waals surface area contributed by atoms with Gasteiger partial charge in [-0.25, -0.2) is 4.98 Å². The largest absolute Gasteiger partial charge is 0.340 e. The van der Waals surface area contributed by atoms with E-state index in [0.29, 0.717) is 36.4 Å².